The Hall–Kier alpha value is -0.610. The monoisotopic (exact) mass is 335 g/mol. The Morgan fingerprint density at radius 1 is 1.39 bits per heavy atom. The van der Waals surface area contributed by atoms with Gasteiger partial charge in [-0.05, 0) is 40.9 Å². The van der Waals surface area contributed by atoms with Crippen LogP contribution in [0.2, 0.25) is 0 Å². The molecule has 2 nitrogen and oxygen atoms in total. The number of carbonyl (C=O) groups is 1. The van der Waals surface area contributed by atoms with Gasteiger partial charge in [0.1, 0.15) is 5.82 Å². The standard InChI is InChI=1S/C13H16BrClFNO/c1-17(9-4-2-3-8-15)13(18)10-6-5-7-11(14)12(10)16/h5-7H,2-4,8-9H2,1H3. The molecule has 0 heterocycles. The number of hydrogen-bond donors (Lipinski definition) is 0. The van der Waals surface area contributed by atoms with Crippen LogP contribution in [0.4, 0.5) is 4.39 Å². The van der Waals surface area contributed by atoms with Crippen LogP contribution in [0.5, 0.6) is 0 Å². The lowest BCUT2D eigenvalue weighted by molar-refractivity contribution is 0.0788. The van der Waals surface area contributed by atoms with Crippen LogP contribution in [-0.4, -0.2) is 30.3 Å². The van der Waals surface area contributed by atoms with Crippen LogP contribution in [0.15, 0.2) is 22.7 Å². The molecule has 0 bridgehead atoms. The number of carbonyl (C=O) groups excluding carboxylic acids is 1. The molecule has 0 N–H and O–H groups in total. The second-order valence-electron chi connectivity index (χ2n) is 4.08. The van der Waals surface area contributed by atoms with Crippen LogP contribution in [0.1, 0.15) is 29.6 Å². The molecule has 0 aromatic heterocycles. The topological polar surface area (TPSA) is 20.3 Å². The highest BCUT2D eigenvalue weighted by Gasteiger charge is 2.17. The molecule has 1 rings (SSSR count). The summed E-state index contributed by atoms with van der Waals surface area (Å²) in [6, 6.07) is 4.73. The van der Waals surface area contributed by atoms with Crippen LogP contribution >= 0.6 is 27.5 Å². The summed E-state index contributed by atoms with van der Waals surface area (Å²) in [4.78, 5) is 13.6. The molecule has 100 valence electrons. The van der Waals surface area contributed by atoms with Gasteiger partial charge in [0.2, 0.25) is 0 Å². The van der Waals surface area contributed by atoms with Crippen molar-refractivity contribution < 1.29 is 9.18 Å². The van der Waals surface area contributed by atoms with Gasteiger partial charge < -0.3 is 4.90 Å². The van der Waals surface area contributed by atoms with Crippen molar-refractivity contribution in [2.24, 2.45) is 0 Å². The van der Waals surface area contributed by atoms with Gasteiger partial charge in [-0.3, -0.25) is 4.79 Å². The zero-order valence-electron chi connectivity index (χ0n) is 10.3. The van der Waals surface area contributed by atoms with Gasteiger partial charge in [0.15, 0.2) is 0 Å². The molecule has 18 heavy (non-hydrogen) atoms. The number of unbranched alkanes of at least 4 members (excludes halogenated alkanes) is 2. The van der Waals surface area contributed by atoms with E-state index in [1.54, 1.807) is 24.1 Å². The number of nitrogens with zero attached hydrogens (tertiary/aromatic N) is 1. The van der Waals surface area contributed by atoms with Crippen LogP contribution in [0.3, 0.4) is 0 Å². The van der Waals surface area contributed by atoms with E-state index in [1.165, 1.54) is 6.07 Å². The molecule has 0 aliphatic carbocycles. The van der Waals surface area contributed by atoms with Gasteiger partial charge in [-0.25, -0.2) is 4.39 Å². The zero-order chi connectivity index (χ0) is 13.5. The minimum atomic E-state index is -0.505. The van der Waals surface area contributed by atoms with Gasteiger partial charge in [0, 0.05) is 19.5 Å². The molecular formula is C13H16BrClFNO. The Labute approximate surface area is 120 Å². The van der Waals surface area contributed by atoms with E-state index >= 15 is 0 Å². The van der Waals surface area contributed by atoms with Crippen molar-refractivity contribution in [3.63, 3.8) is 0 Å². The predicted molar refractivity (Wildman–Crippen MR) is 75.6 cm³/mol. The molecule has 0 saturated carbocycles. The third-order valence-electron chi connectivity index (χ3n) is 2.66. The Balaban J connectivity index is 2.60. The highest BCUT2D eigenvalue weighted by Crippen LogP contribution is 2.19. The fraction of sp³-hybridized carbons (Fsp3) is 0.462. The minimum absolute atomic E-state index is 0.101. The number of halogens is 3. The number of rotatable bonds is 6. The average Bonchev–Trinajstić information content (AvgIpc) is 2.37. The van der Waals surface area contributed by atoms with Crippen molar-refractivity contribution in [1.29, 1.82) is 0 Å². The normalized spacial score (nSPS) is 10.4. The van der Waals surface area contributed by atoms with E-state index in [2.05, 4.69) is 15.9 Å². The summed E-state index contributed by atoms with van der Waals surface area (Å²) in [6.07, 6.45) is 2.79. The van der Waals surface area contributed by atoms with E-state index in [1.807, 2.05) is 0 Å². The fourth-order valence-electron chi connectivity index (χ4n) is 1.60. The molecule has 0 atom stereocenters. The summed E-state index contributed by atoms with van der Waals surface area (Å²) in [5, 5.41) is 0. The van der Waals surface area contributed by atoms with Crippen molar-refractivity contribution in [3.05, 3.63) is 34.1 Å². The van der Waals surface area contributed by atoms with Gasteiger partial charge in [0.25, 0.3) is 5.91 Å². The van der Waals surface area contributed by atoms with Gasteiger partial charge in [-0.1, -0.05) is 12.5 Å². The van der Waals surface area contributed by atoms with Gasteiger partial charge in [-0.2, -0.15) is 0 Å². The first-order valence-corrected chi connectivity index (χ1v) is 7.16. The summed E-state index contributed by atoms with van der Waals surface area (Å²) < 4.78 is 14.1. The molecule has 1 aromatic carbocycles. The molecule has 5 heteroatoms. The van der Waals surface area contributed by atoms with Crippen molar-refractivity contribution >= 4 is 33.4 Å². The highest BCUT2D eigenvalue weighted by molar-refractivity contribution is 9.10. The molecule has 0 spiro atoms. The van der Waals surface area contributed by atoms with E-state index in [0.717, 1.165) is 19.3 Å². The third kappa shape index (κ3) is 4.25. The number of amides is 1. The number of hydrogen-bond acceptors (Lipinski definition) is 1. The maximum Gasteiger partial charge on any atom is 0.256 e. The molecule has 0 aliphatic heterocycles. The minimum Gasteiger partial charge on any atom is -0.342 e. The molecule has 0 radical (unpaired) electrons. The molecule has 0 fully saturated rings. The van der Waals surface area contributed by atoms with Crippen LogP contribution in [0.25, 0.3) is 0 Å². The predicted octanol–water partition coefficient (Wildman–Crippen LogP) is 4.07. The van der Waals surface area contributed by atoms with Crippen molar-refractivity contribution in [1.82, 2.24) is 4.90 Å². The highest BCUT2D eigenvalue weighted by atomic mass is 79.9. The summed E-state index contributed by atoms with van der Waals surface area (Å²) in [5.74, 6) is -0.160. The second kappa shape index (κ2) is 7.74. The lowest BCUT2D eigenvalue weighted by Gasteiger charge is -2.17. The average molecular weight is 337 g/mol. The summed E-state index contributed by atoms with van der Waals surface area (Å²) >= 11 is 8.65. The molecule has 1 aromatic rings. The van der Waals surface area contributed by atoms with E-state index in [9.17, 15) is 9.18 Å². The first-order chi connectivity index (χ1) is 8.57. The van der Waals surface area contributed by atoms with E-state index in [0.29, 0.717) is 16.9 Å². The Kier molecular flexibility index (Phi) is 6.65. The zero-order valence-corrected chi connectivity index (χ0v) is 12.6. The largest absolute Gasteiger partial charge is 0.342 e. The molecule has 0 saturated heterocycles. The lowest BCUT2D eigenvalue weighted by atomic mass is 10.1. The van der Waals surface area contributed by atoms with Crippen molar-refractivity contribution in [2.75, 3.05) is 19.5 Å². The van der Waals surface area contributed by atoms with Gasteiger partial charge in [-0.15, -0.1) is 11.6 Å². The molecule has 0 aliphatic rings. The first kappa shape index (κ1) is 15.4. The molecule has 1 amide bonds. The number of alkyl halides is 1. The lowest BCUT2D eigenvalue weighted by Crippen LogP contribution is -2.28. The smallest absolute Gasteiger partial charge is 0.256 e. The van der Waals surface area contributed by atoms with Gasteiger partial charge >= 0.3 is 0 Å². The first-order valence-electron chi connectivity index (χ1n) is 5.83. The van der Waals surface area contributed by atoms with Crippen molar-refractivity contribution in [3.8, 4) is 0 Å². The Morgan fingerprint density at radius 3 is 2.78 bits per heavy atom. The van der Waals surface area contributed by atoms with Crippen molar-refractivity contribution in [2.45, 2.75) is 19.3 Å². The summed E-state index contributed by atoms with van der Waals surface area (Å²) in [7, 11) is 1.68. The third-order valence-corrected chi connectivity index (χ3v) is 3.54. The van der Waals surface area contributed by atoms with Gasteiger partial charge in [0.05, 0.1) is 10.0 Å². The Bertz CT molecular complexity index is 414. The van der Waals surface area contributed by atoms with E-state index < -0.39 is 5.82 Å². The second-order valence-corrected chi connectivity index (χ2v) is 5.31. The van der Waals surface area contributed by atoms with E-state index in [-0.39, 0.29) is 11.5 Å². The SMILES string of the molecule is CN(CCCCCCl)C(=O)c1cccc(Br)c1F. The number of benzene rings is 1. The van der Waals surface area contributed by atoms with Crippen LogP contribution in [0, 0.1) is 5.82 Å². The summed E-state index contributed by atoms with van der Waals surface area (Å²) in [5.41, 5.74) is 0.101. The maximum atomic E-state index is 13.7. The fourth-order valence-corrected chi connectivity index (χ4v) is 2.15. The maximum absolute atomic E-state index is 13.7. The quantitative estimate of drug-likeness (QED) is 0.566. The van der Waals surface area contributed by atoms with Crippen LogP contribution in [-0.2, 0) is 0 Å². The molecular weight excluding hydrogens is 321 g/mol. The molecule has 0 unspecified atom stereocenters. The van der Waals surface area contributed by atoms with E-state index in [4.69, 9.17) is 11.6 Å². The van der Waals surface area contributed by atoms with Crippen LogP contribution < -0.4 is 0 Å². The Morgan fingerprint density at radius 2 is 2.11 bits per heavy atom. The summed E-state index contributed by atoms with van der Waals surface area (Å²) in [6.45, 7) is 0.613.